The number of aliphatic hydroxyl groups is 1. The van der Waals surface area contributed by atoms with Crippen molar-refractivity contribution < 1.29 is 5.11 Å². The first-order chi connectivity index (χ1) is 13.9. The van der Waals surface area contributed by atoms with E-state index in [-0.39, 0.29) is 11.5 Å². The molecule has 1 N–H and O–H groups in total. The largest absolute Gasteiger partial charge is 0.388 e. The molecule has 3 heterocycles. The van der Waals surface area contributed by atoms with Crippen LogP contribution in [0.2, 0.25) is 0 Å². The van der Waals surface area contributed by atoms with Crippen LogP contribution in [0.15, 0.2) is 21.9 Å². The predicted molar refractivity (Wildman–Crippen MR) is 108 cm³/mol. The minimum atomic E-state index is -0.925. The Kier molecular flexibility index (Phi) is 5.01. The summed E-state index contributed by atoms with van der Waals surface area (Å²) in [6.45, 7) is 1.32. The first kappa shape index (κ1) is 19.4. The fourth-order valence-electron chi connectivity index (χ4n) is 4.50. The van der Waals surface area contributed by atoms with Crippen LogP contribution in [0.5, 0.6) is 0 Å². The smallest absolute Gasteiger partial charge is 0.330 e. The topological polar surface area (TPSA) is 104 Å². The molecule has 1 atom stereocenters. The van der Waals surface area contributed by atoms with E-state index < -0.39 is 17.4 Å². The lowest BCUT2D eigenvalue weighted by Crippen LogP contribution is -2.41. The minimum Gasteiger partial charge on any atom is -0.388 e. The van der Waals surface area contributed by atoms with Gasteiger partial charge < -0.3 is 14.6 Å². The summed E-state index contributed by atoms with van der Waals surface area (Å²) in [6.07, 6.45) is 4.90. The Morgan fingerprint density at radius 1 is 1.24 bits per heavy atom. The zero-order valence-corrected chi connectivity index (χ0v) is 16.8. The molecule has 4 rings (SSSR count). The fraction of sp³-hybridized carbons (Fsp3) is 0.524. The minimum absolute atomic E-state index is 0.0867. The van der Waals surface area contributed by atoms with Crippen LogP contribution in [0.3, 0.4) is 0 Å². The monoisotopic (exact) mass is 395 g/mol. The van der Waals surface area contributed by atoms with E-state index in [1.807, 2.05) is 6.07 Å². The van der Waals surface area contributed by atoms with Crippen LogP contribution in [-0.4, -0.2) is 32.3 Å². The molecular formula is C21H25N5O3. The molecule has 0 aromatic carbocycles. The molecule has 8 nitrogen and oxygen atoms in total. The summed E-state index contributed by atoms with van der Waals surface area (Å²) >= 11 is 0. The van der Waals surface area contributed by atoms with E-state index >= 15 is 0 Å². The van der Waals surface area contributed by atoms with Crippen molar-refractivity contribution in [2.75, 3.05) is 18.0 Å². The summed E-state index contributed by atoms with van der Waals surface area (Å²) in [7, 11) is 3.00. The molecule has 1 fully saturated rings. The summed E-state index contributed by atoms with van der Waals surface area (Å²) in [6, 6.07) is 4.25. The van der Waals surface area contributed by atoms with Crippen molar-refractivity contribution in [3.8, 4) is 6.07 Å². The molecule has 1 unspecified atom stereocenters. The molecule has 0 radical (unpaired) electrons. The van der Waals surface area contributed by atoms with Gasteiger partial charge in [0, 0.05) is 39.1 Å². The van der Waals surface area contributed by atoms with Crippen LogP contribution in [0.4, 0.5) is 5.82 Å². The Labute approximate surface area is 168 Å². The van der Waals surface area contributed by atoms with Gasteiger partial charge in [0.05, 0.1) is 17.2 Å². The van der Waals surface area contributed by atoms with Gasteiger partial charge >= 0.3 is 5.69 Å². The zero-order valence-electron chi connectivity index (χ0n) is 16.8. The number of nitriles is 1. The highest BCUT2D eigenvalue weighted by molar-refractivity contribution is 5.57. The molecule has 8 heteroatoms. The van der Waals surface area contributed by atoms with Crippen molar-refractivity contribution in [1.82, 2.24) is 14.1 Å². The van der Waals surface area contributed by atoms with Crippen LogP contribution in [0.25, 0.3) is 0 Å². The van der Waals surface area contributed by atoms with Gasteiger partial charge in [-0.25, -0.2) is 9.78 Å². The maximum Gasteiger partial charge on any atom is 0.330 e. The SMILES string of the molecule is Cn1cc(C(O)C2CCN(c3nc4c(cc3C#N)CCC4)CC2)c(=O)n(C)c1=O. The summed E-state index contributed by atoms with van der Waals surface area (Å²) in [5.74, 6) is 0.649. The van der Waals surface area contributed by atoms with E-state index in [4.69, 9.17) is 4.98 Å². The van der Waals surface area contributed by atoms with Gasteiger partial charge in [-0.05, 0) is 49.7 Å². The Hall–Kier alpha value is -2.92. The van der Waals surface area contributed by atoms with Crippen LogP contribution in [0, 0.1) is 17.2 Å². The quantitative estimate of drug-likeness (QED) is 0.824. The highest BCUT2D eigenvalue weighted by Crippen LogP contribution is 2.33. The molecule has 2 aromatic rings. The lowest BCUT2D eigenvalue weighted by atomic mass is 9.88. The second-order valence-electron chi connectivity index (χ2n) is 8.04. The van der Waals surface area contributed by atoms with Gasteiger partial charge in [0.15, 0.2) is 0 Å². The number of aryl methyl sites for hydroxylation is 3. The van der Waals surface area contributed by atoms with Gasteiger partial charge in [-0.15, -0.1) is 0 Å². The fourth-order valence-corrected chi connectivity index (χ4v) is 4.50. The maximum absolute atomic E-state index is 12.4. The van der Waals surface area contributed by atoms with E-state index in [0.29, 0.717) is 31.5 Å². The molecular weight excluding hydrogens is 370 g/mol. The van der Waals surface area contributed by atoms with E-state index in [9.17, 15) is 20.0 Å². The molecule has 1 aliphatic carbocycles. The highest BCUT2D eigenvalue weighted by Gasteiger charge is 2.30. The molecule has 29 heavy (non-hydrogen) atoms. The van der Waals surface area contributed by atoms with Gasteiger partial charge in [-0.1, -0.05) is 0 Å². The summed E-state index contributed by atoms with van der Waals surface area (Å²) in [5.41, 5.74) is 2.27. The number of rotatable bonds is 3. The molecule has 0 amide bonds. The molecule has 152 valence electrons. The van der Waals surface area contributed by atoms with Gasteiger partial charge in [-0.2, -0.15) is 5.26 Å². The van der Waals surface area contributed by atoms with E-state index in [1.165, 1.54) is 23.4 Å². The lowest BCUT2D eigenvalue weighted by Gasteiger charge is -2.35. The Balaban J connectivity index is 1.53. The van der Waals surface area contributed by atoms with Gasteiger partial charge in [0.1, 0.15) is 11.9 Å². The predicted octanol–water partition coefficient (Wildman–Crippen LogP) is 0.789. The number of piperidine rings is 1. The average molecular weight is 395 g/mol. The van der Waals surface area contributed by atoms with Gasteiger partial charge in [-0.3, -0.25) is 9.36 Å². The van der Waals surface area contributed by atoms with Crippen molar-refractivity contribution in [2.45, 2.75) is 38.2 Å². The van der Waals surface area contributed by atoms with Crippen molar-refractivity contribution in [3.63, 3.8) is 0 Å². The second-order valence-corrected chi connectivity index (χ2v) is 8.04. The van der Waals surface area contributed by atoms with Crippen molar-refractivity contribution in [1.29, 1.82) is 5.26 Å². The molecule has 2 aliphatic rings. The molecule has 0 saturated carbocycles. The summed E-state index contributed by atoms with van der Waals surface area (Å²) < 4.78 is 2.35. The summed E-state index contributed by atoms with van der Waals surface area (Å²) in [4.78, 5) is 31.2. The van der Waals surface area contributed by atoms with Crippen LogP contribution >= 0.6 is 0 Å². The van der Waals surface area contributed by atoms with E-state index in [1.54, 1.807) is 7.05 Å². The van der Waals surface area contributed by atoms with Crippen LogP contribution < -0.4 is 16.1 Å². The normalized spacial score (nSPS) is 17.8. The van der Waals surface area contributed by atoms with Crippen molar-refractivity contribution in [2.24, 2.45) is 20.0 Å². The lowest BCUT2D eigenvalue weighted by molar-refractivity contribution is 0.0903. The third kappa shape index (κ3) is 3.36. The third-order valence-electron chi connectivity index (χ3n) is 6.23. The number of aromatic nitrogens is 3. The summed E-state index contributed by atoms with van der Waals surface area (Å²) in [5, 5.41) is 20.4. The highest BCUT2D eigenvalue weighted by atomic mass is 16.3. The number of hydrogen-bond acceptors (Lipinski definition) is 6. The standard InChI is InChI=1S/C21H25N5O3/c1-24-12-16(20(28)25(2)21(24)29)18(27)13-6-8-26(9-7-13)19-15(11-22)10-14-4-3-5-17(14)23-19/h10,12-13,18,27H,3-9H2,1-2H3. The first-order valence-corrected chi connectivity index (χ1v) is 10.0. The first-order valence-electron chi connectivity index (χ1n) is 10.0. The van der Waals surface area contributed by atoms with Crippen LogP contribution in [-0.2, 0) is 26.9 Å². The van der Waals surface area contributed by atoms with E-state index in [0.717, 1.165) is 35.3 Å². The molecule has 0 spiro atoms. The van der Waals surface area contributed by atoms with Crippen LogP contribution in [0.1, 0.15) is 47.8 Å². The Bertz CT molecular complexity index is 1100. The third-order valence-corrected chi connectivity index (χ3v) is 6.23. The Morgan fingerprint density at radius 3 is 2.66 bits per heavy atom. The molecule has 1 saturated heterocycles. The average Bonchev–Trinajstić information content (AvgIpc) is 3.21. The number of fused-ring (bicyclic) bond motifs is 1. The Morgan fingerprint density at radius 2 is 1.97 bits per heavy atom. The zero-order chi connectivity index (χ0) is 20.7. The number of aliphatic hydroxyl groups excluding tert-OH is 1. The number of pyridine rings is 1. The second kappa shape index (κ2) is 7.48. The number of hydrogen-bond donors (Lipinski definition) is 1. The van der Waals surface area contributed by atoms with Gasteiger partial charge in [0.25, 0.3) is 5.56 Å². The maximum atomic E-state index is 12.4. The van der Waals surface area contributed by atoms with Crippen molar-refractivity contribution >= 4 is 5.82 Å². The molecule has 1 aliphatic heterocycles. The van der Waals surface area contributed by atoms with Crippen molar-refractivity contribution in [3.05, 3.63) is 55.5 Å². The van der Waals surface area contributed by atoms with E-state index in [2.05, 4.69) is 11.0 Å². The number of nitrogens with zero attached hydrogens (tertiary/aromatic N) is 5. The molecule has 0 bridgehead atoms. The molecule has 2 aromatic heterocycles. The number of anilines is 1. The van der Waals surface area contributed by atoms with Gasteiger partial charge in [0.2, 0.25) is 0 Å².